The van der Waals surface area contributed by atoms with Crippen LogP contribution in [-0.4, -0.2) is 24.5 Å². The molecule has 0 saturated carbocycles. The first-order valence-electron chi connectivity index (χ1n) is 5.71. The number of amides is 1. The highest BCUT2D eigenvalue weighted by Gasteiger charge is 2.15. The predicted molar refractivity (Wildman–Crippen MR) is 70.1 cm³/mol. The Kier molecular flexibility index (Phi) is 2.76. The van der Waals surface area contributed by atoms with Gasteiger partial charge in [-0.15, -0.1) is 11.3 Å². The fraction of sp³-hybridized carbons (Fsp3) is 0.231. The van der Waals surface area contributed by atoms with E-state index >= 15 is 0 Å². The first kappa shape index (κ1) is 11.2. The van der Waals surface area contributed by atoms with Crippen LogP contribution in [0.15, 0.2) is 23.6 Å². The molecule has 0 spiro atoms. The van der Waals surface area contributed by atoms with Gasteiger partial charge < -0.3 is 10.1 Å². The molecule has 1 aliphatic heterocycles. The number of fused-ring (bicyclic) bond motifs is 1. The molecule has 2 aromatic rings. The SMILES string of the molecule is CNC(=O)c1csc(-c2ccc3c(c2)CCO3)n1. The zero-order valence-electron chi connectivity index (χ0n) is 9.90. The van der Waals surface area contributed by atoms with Crippen molar-refractivity contribution >= 4 is 17.2 Å². The van der Waals surface area contributed by atoms with Crippen molar-refractivity contribution in [2.24, 2.45) is 0 Å². The zero-order valence-corrected chi connectivity index (χ0v) is 10.7. The Hall–Kier alpha value is -1.88. The van der Waals surface area contributed by atoms with E-state index in [-0.39, 0.29) is 5.91 Å². The molecule has 4 nitrogen and oxygen atoms in total. The van der Waals surface area contributed by atoms with Gasteiger partial charge in [0.25, 0.3) is 5.91 Å². The summed E-state index contributed by atoms with van der Waals surface area (Å²) in [6, 6.07) is 6.05. The molecule has 3 rings (SSSR count). The number of hydrogen-bond donors (Lipinski definition) is 1. The molecule has 0 radical (unpaired) electrons. The summed E-state index contributed by atoms with van der Waals surface area (Å²) < 4.78 is 5.47. The van der Waals surface area contributed by atoms with Gasteiger partial charge >= 0.3 is 0 Å². The van der Waals surface area contributed by atoms with Crippen LogP contribution in [0.25, 0.3) is 10.6 Å². The highest BCUT2D eigenvalue weighted by atomic mass is 32.1. The van der Waals surface area contributed by atoms with Gasteiger partial charge in [0.1, 0.15) is 16.5 Å². The van der Waals surface area contributed by atoms with E-state index in [1.807, 2.05) is 12.1 Å². The average molecular weight is 260 g/mol. The number of nitrogens with one attached hydrogen (secondary N) is 1. The van der Waals surface area contributed by atoms with Crippen molar-refractivity contribution in [1.29, 1.82) is 0 Å². The van der Waals surface area contributed by atoms with Gasteiger partial charge in [-0.3, -0.25) is 4.79 Å². The Labute approximate surface area is 109 Å². The number of carbonyl (C=O) groups is 1. The number of aromatic nitrogens is 1. The van der Waals surface area contributed by atoms with E-state index < -0.39 is 0 Å². The Morgan fingerprint density at radius 1 is 1.50 bits per heavy atom. The largest absolute Gasteiger partial charge is 0.493 e. The van der Waals surface area contributed by atoms with Gasteiger partial charge in [-0.25, -0.2) is 4.98 Å². The van der Waals surface area contributed by atoms with Crippen molar-refractivity contribution in [1.82, 2.24) is 10.3 Å². The molecule has 1 amide bonds. The summed E-state index contributed by atoms with van der Waals surface area (Å²) in [4.78, 5) is 15.8. The molecule has 1 aliphatic rings. The second-order valence-electron chi connectivity index (χ2n) is 4.04. The highest BCUT2D eigenvalue weighted by Crippen LogP contribution is 2.31. The standard InChI is InChI=1S/C13H12N2O2S/c1-14-12(16)10-7-18-13(15-10)9-2-3-11-8(6-9)4-5-17-11/h2-3,6-7H,4-5H2,1H3,(H,14,16). The summed E-state index contributed by atoms with van der Waals surface area (Å²) in [7, 11) is 1.61. The molecule has 0 unspecified atom stereocenters. The number of carbonyl (C=O) groups excluding carboxylic acids is 1. The van der Waals surface area contributed by atoms with Gasteiger partial charge in [0.05, 0.1) is 6.61 Å². The van der Waals surface area contributed by atoms with Gasteiger partial charge in [0, 0.05) is 24.4 Å². The summed E-state index contributed by atoms with van der Waals surface area (Å²) in [5, 5.41) is 5.21. The molecule has 92 valence electrons. The third-order valence-electron chi connectivity index (χ3n) is 2.90. The van der Waals surface area contributed by atoms with Crippen LogP contribution in [0.2, 0.25) is 0 Å². The minimum Gasteiger partial charge on any atom is -0.493 e. The summed E-state index contributed by atoms with van der Waals surface area (Å²) >= 11 is 1.48. The van der Waals surface area contributed by atoms with Crippen LogP contribution in [0.5, 0.6) is 5.75 Å². The lowest BCUT2D eigenvalue weighted by molar-refractivity contribution is 0.0959. The Bertz CT molecular complexity index is 607. The summed E-state index contributed by atoms with van der Waals surface area (Å²) in [6.07, 6.45) is 0.941. The van der Waals surface area contributed by atoms with Crippen molar-refractivity contribution in [2.75, 3.05) is 13.7 Å². The van der Waals surface area contributed by atoms with Crippen molar-refractivity contribution in [2.45, 2.75) is 6.42 Å². The topological polar surface area (TPSA) is 51.2 Å². The van der Waals surface area contributed by atoms with E-state index in [2.05, 4.69) is 16.4 Å². The molecule has 1 aromatic carbocycles. The number of hydrogen-bond acceptors (Lipinski definition) is 4. The highest BCUT2D eigenvalue weighted by molar-refractivity contribution is 7.13. The second-order valence-corrected chi connectivity index (χ2v) is 4.90. The quantitative estimate of drug-likeness (QED) is 0.899. The van der Waals surface area contributed by atoms with Crippen LogP contribution in [0.1, 0.15) is 16.1 Å². The minimum absolute atomic E-state index is 0.151. The smallest absolute Gasteiger partial charge is 0.270 e. The maximum Gasteiger partial charge on any atom is 0.270 e. The predicted octanol–water partition coefficient (Wildman–Crippen LogP) is 2.10. The fourth-order valence-corrected chi connectivity index (χ4v) is 2.76. The monoisotopic (exact) mass is 260 g/mol. The van der Waals surface area contributed by atoms with Crippen LogP contribution < -0.4 is 10.1 Å². The van der Waals surface area contributed by atoms with Crippen molar-refractivity contribution < 1.29 is 9.53 Å². The normalized spacial score (nSPS) is 12.9. The molecule has 1 N–H and O–H groups in total. The van der Waals surface area contributed by atoms with Gasteiger partial charge in [0.15, 0.2) is 0 Å². The Balaban J connectivity index is 1.95. The molecule has 0 atom stereocenters. The van der Waals surface area contributed by atoms with E-state index in [0.29, 0.717) is 5.69 Å². The summed E-state index contributed by atoms with van der Waals surface area (Å²) in [5.41, 5.74) is 2.72. The Morgan fingerprint density at radius 3 is 3.22 bits per heavy atom. The molecule has 1 aromatic heterocycles. The van der Waals surface area contributed by atoms with E-state index in [1.165, 1.54) is 16.9 Å². The lowest BCUT2D eigenvalue weighted by Crippen LogP contribution is -2.17. The zero-order chi connectivity index (χ0) is 12.5. The summed E-state index contributed by atoms with van der Waals surface area (Å²) in [5.74, 6) is 0.809. The van der Waals surface area contributed by atoms with Crippen LogP contribution in [0, 0.1) is 0 Å². The van der Waals surface area contributed by atoms with E-state index in [0.717, 1.165) is 29.3 Å². The maximum atomic E-state index is 11.5. The number of nitrogens with zero attached hydrogens (tertiary/aromatic N) is 1. The molecule has 0 saturated heterocycles. The number of rotatable bonds is 2. The van der Waals surface area contributed by atoms with Gasteiger partial charge in [-0.2, -0.15) is 0 Å². The molecule has 0 fully saturated rings. The van der Waals surface area contributed by atoms with Crippen molar-refractivity contribution in [3.63, 3.8) is 0 Å². The molecule has 5 heteroatoms. The lowest BCUT2D eigenvalue weighted by atomic mass is 10.1. The van der Waals surface area contributed by atoms with Crippen LogP contribution in [0.4, 0.5) is 0 Å². The lowest BCUT2D eigenvalue weighted by Gasteiger charge is -2.00. The fourth-order valence-electron chi connectivity index (χ4n) is 1.96. The van der Waals surface area contributed by atoms with Gasteiger partial charge in [-0.05, 0) is 23.8 Å². The molecule has 0 bridgehead atoms. The Morgan fingerprint density at radius 2 is 2.39 bits per heavy atom. The van der Waals surface area contributed by atoms with Crippen LogP contribution in [0.3, 0.4) is 0 Å². The first-order chi connectivity index (χ1) is 8.78. The maximum absolute atomic E-state index is 11.5. The first-order valence-corrected chi connectivity index (χ1v) is 6.59. The third-order valence-corrected chi connectivity index (χ3v) is 3.79. The summed E-state index contributed by atoms with van der Waals surface area (Å²) in [6.45, 7) is 0.750. The third kappa shape index (κ3) is 1.86. The van der Waals surface area contributed by atoms with Crippen molar-refractivity contribution in [3.05, 3.63) is 34.8 Å². The minimum atomic E-state index is -0.151. The molecule has 2 heterocycles. The average Bonchev–Trinajstić information content (AvgIpc) is 3.05. The molecular weight excluding hydrogens is 248 g/mol. The van der Waals surface area contributed by atoms with E-state index in [1.54, 1.807) is 12.4 Å². The molecule has 0 aliphatic carbocycles. The van der Waals surface area contributed by atoms with Gasteiger partial charge in [0.2, 0.25) is 0 Å². The van der Waals surface area contributed by atoms with Crippen LogP contribution in [-0.2, 0) is 6.42 Å². The molecule has 18 heavy (non-hydrogen) atoms. The van der Waals surface area contributed by atoms with E-state index in [4.69, 9.17) is 4.74 Å². The molecular formula is C13H12N2O2S. The van der Waals surface area contributed by atoms with Crippen molar-refractivity contribution in [3.8, 4) is 16.3 Å². The number of thiazole rings is 1. The van der Waals surface area contributed by atoms with E-state index in [9.17, 15) is 4.79 Å². The number of benzene rings is 1. The number of ether oxygens (including phenoxy) is 1. The van der Waals surface area contributed by atoms with Gasteiger partial charge in [-0.1, -0.05) is 0 Å². The second kappa shape index (κ2) is 4.42. The van der Waals surface area contributed by atoms with Crippen LogP contribution >= 0.6 is 11.3 Å².